The molecule has 0 amide bonds. The molecule has 0 spiro atoms. The van der Waals surface area contributed by atoms with E-state index < -0.39 is 0 Å². The lowest BCUT2D eigenvalue weighted by Gasteiger charge is -2.19. The molecule has 0 radical (unpaired) electrons. The van der Waals surface area contributed by atoms with Crippen LogP contribution in [0.4, 0.5) is 5.82 Å². The number of nitrogens with zero attached hydrogens (tertiary/aromatic N) is 3. The van der Waals surface area contributed by atoms with Crippen LogP contribution in [0, 0.1) is 0 Å². The number of para-hydroxylation sites is 1. The fraction of sp³-hybridized carbons (Fsp3) is 0.250. The number of fused-ring (bicyclic) bond motifs is 1. The van der Waals surface area contributed by atoms with Crippen molar-refractivity contribution in [3.63, 3.8) is 0 Å². The predicted molar refractivity (Wildman–Crippen MR) is 84.3 cm³/mol. The van der Waals surface area contributed by atoms with Gasteiger partial charge in [-0.1, -0.05) is 18.2 Å². The van der Waals surface area contributed by atoms with Gasteiger partial charge in [-0.25, -0.2) is 9.97 Å². The van der Waals surface area contributed by atoms with Crippen LogP contribution in [0.3, 0.4) is 0 Å². The van der Waals surface area contributed by atoms with E-state index in [9.17, 15) is 0 Å². The van der Waals surface area contributed by atoms with E-state index >= 15 is 0 Å². The average molecular weight is 281 g/mol. The van der Waals surface area contributed by atoms with E-state index in [0.29, 0.717) is 0 Å². The molecular weight excluding hydrogens is 266 g/mol. The largest absolute Gasteiger partial charge is 0.356 e. The first kappa shape index (κ1) is 11.9. The van der Waals surface area contributed by atoms with Gasteiger partial charge < -0.3 is 4.90 Å². The molecule has 1 aliphatic heterocycles. The van der Waals surface area contributed by atoms with Crippen LogP contribution >= 0.6 is 11.3 Å². The topological polar surface area (TPSA) is 29.0 Å². The van der Waals surface area contributed by atoms with Gasteiger partial charge in [0.25, 0.3) is 0 Å². The maximum atomic E-state index is 4.85. The third kappa shape index (κ3) is 1.96. The molecule has 2 aromatic heterocycles. The van der Waals surface area contributed by atoms with E-state index in [-0.39, 0.29) is 0 Å². The van der Waals surface area contributed by atoms with Crippen LogP contribution in [0.1, 0.15) is 12.8 Å². The summed E-state index contributed by atoms with van der Waals surface area (Å²) in [5, 5.41) is 3.23. The first-order valence-electron chi connectivity index (χ1n) is 6.97. The van der Waals surface area contributed by atoms with E-state index in [1.165, 1.54) is 12.8 Å². The molecule has 4 heteroatoms. The monoisotopic (exact) mass is 281 g/mol. The summed E-state index contributed by atoms with van der Waals surface area (Å²) in [6, 6.07) is 12.4. The van der Waals surface area contributed by atoms with E-state index in [0.717, 1.165) is 40.5 Å². The first-order valence-corrected chi connectivity index (χ1v) is 7.85. The Morgan fingerprint density at radius 1 is 0.950 bits per heavy atom. The highest BCUT2D eigenvalue weighted by molar-refractivity contribution is 7.13. The summed E-state index contributed by atoms with van der Waals surface area (Å²) in [5.74, 6) is 1.94. The molecule has 0 atom stereocenters. The summed E-state index contributed by atoms with van der Waals surface area (Å²) in [6.45, 7) is 2.20. The van der Waals surface area contributed by atoms with Crippen molar-refractivity contribution >= 4 is 28.1 Å². The van der Waals surface area contributed by atoms with Gasteiger partial charge in [-0.15, -0.1) is 11.3 Å². The summed E-state index contributed by atoms with van der Waals surface area (Å²) >= 11 is 1.69. The SMILES string of the molecule is c1csc(-c2nc(N3CCCC3)c3ccccc3n2)c1. The number of benzene rings is 1. The van der Waals surface area contributed by atoms with E-state index in [2.05, 4.69) is 34.5 Å². The van der Waals surface area contributed by atoms with Crippen LogP contribution in [0.2, 0.25) is 0 Å². The minimum Gasteiger partial charge on any atom is -0.356 e. The van der Waals surface area contributed by atoms with Gasteiger partial charge in [-0.05, 0) is 36.4 Å². The number of aromatic nitrogens is 2. The summed E-state index contributed by atoms with van der Waals surface area (Å²) in [5.41, 5.74) is 1.04. The molecule has 3 aromatic rings. The third-order valence-electron chi connectivity index (χ3n) is 3.73. The zero-order valence-corrected chi connectivity index (χ0v) is 11.9. The lowest BCUT2D eigenvalue weighted by atomic mass is 10.2. The van der Waals surface area contributed by atoms with Gasteiger partial charge in [0.05, 0.1) is 10.4 Å². The number of anilines is 1. The van der Waals surface area contributed by atoms with Gasteiger partial charge in [-0.2, -0.15) is 0 Å². The molecule has 1 aromatic carbocycles. The second-order valence-electron chi connectivity index (χ2n) is 5.06. The van der Waals surface area contributed by atoms with E-state index in [4.69, 9.17) is 9.97 Å². The van der Waals surface area contributed by atoms with Crippen LogP contribution in [0.15, 0.2) is 41.8 Å². The summed E-state index contributed by atoms with van der Waals surface area (Å²) in [4.78, 5) is 13.1. The number of rotatable bonds is 2. The Bertz CT molecular complexity index is 731. The Balaban J connectivity index is 1.94. The Hall–Kier alpha value is -1.94. The molecule has 0 unspecified atom stereocenters. The highest BCUT2D eigenvalue weighted by atomic mass is 32.1. The molecule has 0 bridgehead atoms. The van der Waals surface area contributed by atoms with Crippen molar-refractivity contribution in [3.8, 4) is 10.7 Å². The van der Waals surface area contributed by atoms with Crippen LogP contribution in [-0.2, 0) is 0 Å². The molecule has 0 aliphatic carbocycles. The molecule has 100 valence electrons. The Morgan fingerprint density at radius 2 is 1.80 bits per heavy atom. The Kier molecular flexibility index (Phi) is 2.89. The lowest BCUT2D eigenvalue weighted by Crippen LogP contribution is -2.19. The van der Waals surface area contributed by atoms with E-state index in [1.54, 1.807) is 11.3 Å². The number of thiophene rings is 1. The Morgan fingerprint density at radius 3 is 2.60 bits per heavy atom. The minimum absolute atomic E-state index is 0.848. The normalized spacial score (nSPS) is 15.1. The zero-order valence-electron chi connectivity index (χ0n) is 11.1. The number of hydrogen-bond acceptors (Lipinski definition) is 4. The first-order chi connectivity index (χ1) is 9.92. The maximum absolute atomic E-state index is 4.85. The van der Waals surface area contributed by atoms with Gasteiger partial charge in [0.1, 0.15) is 5.82 Å². The van der Waals surface area contributed by atoms with Crippen LogP contribution in [0.5, 0.6) is 0 Å². The van der Waals surface area contributed by atoms with Gasteiger partial charge in [0.15, 0.2) is 5.82 Å². The van der Waals surface area contributed by atoms with Crippen molar-refractivity contribution in [1.82, 2.24) is 9.97 Å². The molecule has 1 fully saturated rings. The molecule has 1 aliphatic rings. The fourth-order valence-corrected chi connectivity index (χ4v) is 3.40. The van der Waals surface area contributed by atoms with Gasteiger partial charge in [0, 0.05) is 18.5 Å². The van der Waals surface area contributed by atoms with Crippen LogP contribution < -0.4 is 4.90 Å². The van der Waals surface area contributed by atoms with Gasteiger partial charge >= 0.3 is 0 Å². The second kappa shape index (κ2) is 4.87. The second-order valence-corrected chi connectivity index (χ2v) is 6.01. The van der Waals surface area contributed by atoms with Crippen molar-refractivity contribution in [2.75, 3.05) is 18.0 Å². The van der Waals surface area contributed by atoms with Crippen molar-refractivity contribution < 1.29 is 0 Å². The van der Waals surface area contributed by atoms with Crippen molar-refractivity contribution in [2.24, 2.45) is 0 Å². The van der Waals surface area contributed by atoms with Crippen molar-refractivity contribution in [1.29, 1.82) is 0 Å². The number of hydrogen-bond donors (Lipinski definition) is 0. The average Bonchev–Trinajstić information content (AvgIpc) is 3.19. The predicted octanol–water partition coefficient (Wildman–Crippen LogP) is 3.96. The Labute approximate surface area is 121 Å². The highest BCUT2D eigenvalue weighted by Gasteiger charge is 2.18. The molecule has 3 nitrogen and oxygen atoms in total. The quantitative estimate of drug-likeness (QED) is 0.712. The molecule has 20 heavy (non-hydrogen) atoms. The zero-order chi connectivity index (χ0) is 13.4. The van der Waals surface area contributed by atoms with Crippen LogP contribution in [0.25, 0.3) is 21.6 Å². The van der Waals surface area contributed by atoms with Gasteiger partial charge in [0.2, 0.25) is 0 Å². The lowest BCUT2D eigenvalue weighted by molar-refractivity contribution is 0.942. The van der Waals surface area contributed by atoms with E-state index in [1.807, 2.05) is 12.1 Å². The smallest absolute Gasteiger partial charge is 0.172 e. The molecule has 3 heterocycles. The molecule has 4 rings (SSSR count). The minimum atomic E-state index is 0.848. The van der Waals surface area contributed by atoms with Crippen molar-refractivity contribution in [3.05, 3.63) is 41.8 Å². The summed E-state index contributed by atoms with van der Waals surface area (Å²) in [7, 11) is 0. The maximum Gasteiger partial charge on any atom is 0.172 e. The molecule has 1 saturated heterocycles. The van der Waals surface area contributed by atoms with Crippen LogP contribution in [-0.4, -0.2) is 23.1 Å². The third-order valence-corrected chi connectivity index (χ3v) is 4.60. The highest BCUT2D eigenvalue weighted by Crippen LogP contribution is 2.30. The molecule has 0 saturated carbocycles. The molecular formula is C16H15N3S. The fourth-order valence-electron chi connectivity index (χ4n) is 2.75. The van der Waals surface area contributed by atoms with Gasteiger partial charge in [-0.3, -0.25) is 0 Å². The molecule has 0 N–H and O–H groups in total. The van der Waals surface area contributed by atoms with Crippen molar-refractivity contribution in [2.45, 2.75) is 12.8 Å². The summed E-state index contributed by atoms with van der Waals surface area (Å²) < 4.78 is 0. The summed E-state index contributed by atoms with van der Waals surface area (Å²) in [6.07, 6.45) is 2.51. The standard InChI is InChI=1S/C16H15N3S/c1-2-7-13-12(6-1)16(19-9-3-4-10-19)18-15(17-13)14-8-5-11-20-14/h1-2,5-8,11H,3-4,9-10H2.